The lowest BCUT2D eigenvalue weighted by Gasteiger charge is -2.24. The van der Waals surface area contributed by atoms with Crippen molar-refractivity contribution in [3.63, 3.8) is 0 Å². The minimum Gasteiger partial charge on any atom is -0.493 e. The van der Waals surface area contributed by atoms with Gasteiger partial charge in [-0.1, -0.05) is 88.7 Å². The molecule has 6 rings (SSSR count). The van der Waals surface area contributed by atoms with Gasteiger partial charge in [-0.25, -0.2) is 9.78 Å². The van der Waals surface area contributed by atoms with Crippen LogP contribution < -0.4 is 20.9 Å². The fraction of sp³-hybridized carbons (Fsp3) is 0.302. The first-order chi connectivity index (χ1) is 25.7. The summed E-state index contributed by atoms with van der Waals surface area (Å²) in [5.41, 5.74) is 6.24. The van der Waals surface area contributed by atoms with Gasteiger partial charge in [0, 0.05) is 54.1 Å². The van der Waals surface area contributed by atoms with E-state index in [1.807, 2.05) is 84.9 Å². The zero-order valence-corrected chi connectivity index (χ0v) is 30.9. The summed E-state index contributed by atoms with van der Waals surface area (Å²) in [6.07, 6.45) is 6.44. The molecule has 0 atom stereocenters. The van der Waals surface area contributed by atoms with E-state index in [0.717, 1.165) is 46.2 Å². The maximum atomic E-state index is 14.4. The molecule has 10 nitrogen and oxygen atoms in total. The van der Waals surface area contributed by atoms with Crippen molar-refractivity contribution in [1.82, 2.24) is 19.7 Å². The lowest BCUT2D eigenvalue weighted by molar-refractivity contribution is 0.107. The number of pyridine rings is 2. The Morgan fingerprint density at radius 2 is 1.72 bits per heavy atom. The van der Waals surface area contributed by atoms with E-state index < -0.39 is 6.03 Å². The molecule has 0 aliphatic carbocycles. The van der Waals surface area contributed by atoms with Crippen LogP contribution in [0, 0.1) is 0 Å². The van der Waals surface area contributed by atoms with E-state index >= 15 is 0 Å². The van der Waals surface area contributed by atoms with E-state index in [1.165, 1.54) is 0 Å². The number of benzene rings is 3. The second kappa shape index (κ2) is 17.2. The SMILES string of the molecule is CCCCn1c(=O)c(NC(=O)Nc2cc(Cc3ccn[nH]3)ccc2C(C)(C)C)c(-c2cccc(OCCCOCc3ccccc3)c2)c2cccnc21. The molecule has 3 aromatic carbocycles. The van der Waals surface area contributed by atoms with Gasteiger partial charge >= 0.3 is 6.03 Å². The second-order valence-electron chi connectivity index (χ2n) is 14.2. The number of hydrogen-bond acceptors (Lipinski definition) is 6. The highest BCUT2D eigenvalue weighted by atomic mass is 16.5. The second-order valence-corrected chi connectivity index (χ2v) is 14.2. The van der Waals surface area contributed by atoms with Gasteiger partial charge in [0.1, 0.15) is 17.1 Å². The lowest BCUT2D eigenvalue weighted by atomic mass is 9.85. The number of urea groups is 1. The largest absolute Gasteiger partial charge is 0.493 e. The van der Waals surface area contributed by atoms with Crippen molar-refractivity contribution in [3.8, 4) is 16.9 Å². The molecule has 0 fully saturated rings. The average Bonchev–Trinajstić information content (AvgIpc) is 3.66. The highest BCUT2D eigenvalue weighted by Crippen LogP contribution is 2.36. The Morgan fingerprint density at radius 3 is 2.49 bits per heavy atom. The molecular weight excluding hydrogens is 665 g/mol. The maximum Gasteiger partial charge on any atom is 0.323 e. The van der Waals surface area contributed by atoms with E-state index in [9.17, 15) is 9.59 Å². The summed E-state index contributed by atoms with van der Waals surface area (Å²) < 4.78 is 13.6. The molecular formula is C43H48N6O4. The minimum atomic E-state index is -0.513. The van der Waals surface area contributed by atoms with Gasteiger partial charge in [-0.2, -0.15) is 5.10 Å². The van der Waals surface area contributed by atoms with Crippen LogP contribution in [-0.4, -0.2) is 39.0 Å². The number of fused-ring (bicyclic) bond motifs is 1. The third kappa shape index (κ3) is 9.39. The summed E-state index contributed by atoms with van der Waals surface area (Å²) in [5.74, 6) is 0.650. The van der Waals surface area contributed by atoms with Crippen molar-refractivity contribution in [2.24, 2.45) is 0 Å². The van der Waals surface area contributed by atoms with E-state index in [4.69, 9.17) is 9.47 Å². The van der Waals surface area contributed by atoms with Crippen molar-refractivity contribution >= 4 is 28.4 Å². The first-order valence-corrected chi connectivity index (χ1v) is 18.3. The highest BCUT2D eigenvalue weighted by Gasteiger charge is 2.24. The number of anilines is 2. The topological polar surface area (TPSA) is 123 Å². The molecule has 0 saturated heterocycles. The van der Waals surface area contributed by atoms with Crippen molar-refractivity contribution in [1.29, 1.82) is 0 Å². The Morgan fingerprint density at radius 1 is 0.868 bits per heavy atom. The Labute approximate surface area is 310 Å². The number of carbonyl (C=O) groups excluding carboxylic acids is 1. The quantitative estimate of drug-likeness (QED) is 0.0913. The maximum absolute atomic E-state index is 14.4. The monoisotopic (exact) mass is 712 g/mol. The van der Waals surface area contributed by atoms with Crippen molar-refractivity contribution in [2.45, 2.75) is 71.9 Å². The van der Waals surface area contributed by atoms with Gasteiger partial charge in [-0.05, 0) is 70.5 Å². The van der Waals surface area contributed by atoms with E-state index in [-0.39, 0.29) is 16.7 Å². The molecule has 0 saturated carbocycles. The van der Waals surface area contributed by atoms with Crippen LogP contribution >= 0.6 is 0 Å². The van der Waals surface area contributed by atoms with E-state index in [1.54, 1.807) is 17.0 Å². The normalized spacial score (nSPS) is 11.5. The van der Waals surface area contributed by atoms with Gasteiger partial charge in [0.2, 0.25) is 0 Å². The van der Waals surface area contributed by atoms with Crippen LogP contribution in [0.25, 0.3) is 22.2 Å². The number of H-pyrrole nitrogens is 1. The van der Waals surface area contributed by atoms with Crippen LogP contribution in [-0.2, 0) is 29.7 Å². The van der Waals surface area contributed by atoms with Crippen molar-refractivity contribution in [3.05, 3.63) is 136 Å². The molecule has 6 aromatic rings. The van der Waals surface area contributed by atoms with Crippen molar-refractivity contribution in [2.75, 3.05) is 23.8 Å². The summed E-state index contributed by atoms with van der Waals surface area (Å²) in [4.78, 5) is 33.1. The Kier molecular flexibility index (Phi) is 12.0. The summed E-state index contributed by atoms with van der Waals surface area (Å²) in [5, 5.41) is 13.9. The van der Waals surface area contributed by atoms with E-state index in [0.29, 0.717) is 61.9 Å². The first-order valence-electron chi connectivity index (χ1n) is 18.3. The van der Waals surface area contributed by atoms with Crippen LogP contribution in [0.4, 0.5) is 16.2 Å². The smallest absolute Gasteiger partial charge is 0.323 e. The number of amides is 2. The summed E-state index contributed by atoms with van der Waals surface area (Å²) in [6, 6.07) is 29.0. The third-order valence-corrected chi connectivity index (χ3v) is 9.02. The van der Waals surface area contributed by atoms with Gasteiger partial charge in [-0.15, -0.1) is 0 Å². The number of unbranched alkanes of at least 4 members (excludes halogenated alkanes) is 1. The zero-order valence-electron chi connectivity index (χ0n) is 30.9. The molecule has 53 heavy (non-hydrogen) atoms. The van der Waals surface area contributed by atoms with Crippen LogP contribution in [0.2, 0.25) is 0 Å². The fourth-order valence-electron chi connectivity index (χ4n) is 6.41. The molecule has 0 radical (unpaired) electrons. The predicted molar refractivity (Wildman–Crippen MR) is 212 cm³/mol. The minimum absolute atomic E-state index is 0.177. The summed E-state index contributed by atoms with van der Waals surface area (Å²) in [6.45, 7) is 10.4. The molecule has 2 amide bonds. The van der Waals surface area contributed by atoms with Crippen LogP contribution in [0.5, 0.6) is 5.75 Å². The molecule has 3 aromatic heterocycles. The van der Waals surface area contributed by atoms with Gasteiger partial charge < -0.3 is 20.1 Å². The number of aromatic nitrogens is 4. The molecule has 0 bridgehead atoms. The molecule has 0 spiro atoms. The summed E-state index contributed by atoms with van der Waals surface area (Å²) in [7, 11) is 0. The van der Waals surface area contributed by atoms with Crippen molar-refractivity contribution < 1.29 is 14.3 Å². The molecule has 0 aliphatic rings. The molecule has 0 unspecified atom stereocenters. The summed E-state index contributed by atoms with van der Waals surface area (Å²) >= 11 is 0. The predicted octanol–water partition coefficient (Wildman–Crippen LogP) is 9.10. The highest BCUT2D eigenvalue weighted by molar-refractivity contribution is 6.07. The van der Waals surface area contributed by atoms with Crippen LogP contribution in [0.15, 0.2) is 108 Å². The van der Waals surface area contributed by atoms with Crippen LogP contribution in [0.1, 0.15) is 69.3 Å². The first kappa shape index (κ1) is 37.0. The van der Waals surface area contributed by atoms with Gasteiger partial charge in [0.15, 0.2) is 0 Å². The van der Waals surface area contributed by atoms with E-state index in [2.05, 4.69) is 59.6 Å². The molecule has 3 heterocycles. The lowest BCUT2D eigenvalue weighted by Crippen LogP contribution is -2.30. The molecule has 3 N–H and O–H groups in total. The van der Waals surface area contributed by atoms with Gasteiger partial charge in [0.25, 0.3) is 5.56 Å². The Bertz CT molecular complexity index is 2190. The van der Waals surface area contributed by atoms with Crippen LogP contribution in [0.3, 0.4) is 0 Å². The standard InChI is InChI=1S/C43H48N6O4/c1-5-6-23-49-40-35(17-11-21-44-40)38(32-15-10-16-34(28-32)53-25-12-24-52-29-30-13-8-7-9-14-30)39(41(49)50)47-42(51)46-37-27-31(26-33-20-22-45-48-33)18-19-36(37)43(2,3)4/h7-11,13-22,27-28H,5-6,12,23-26,29H2,1-4H3,(H,45,48)(H2,46,47,51). The van der Waals surface area contributed by atoms with Gasteiger partial charge in [0.05, 0.1) is 19.8 Å². The third-order valence-electron chi connectivity index (χ3n) is 9.02. The van der Waals surface area contributed by atoms with Gasteiger partial charge in [-0.3, -0.25) is 14.5 Å². The number of aromatic amines is 1. The molecule has 274 valence electrons. The number of ether oxygens (including phenoxy) is 2. The molecule has 0 aliphatic heterocycles. The Balaban J connectivity index is 1.29. The number of rotatable bonds is 15. The number of aryl methyl sites for hydroxylation is 1. The number of carbonyl (C=O) groups is 1. The number of nitrogens with one attached hydrogen (secondary N) is 3. The number of nitrogens with zero attached hydrogens (tertiary/aromatic N) is 3. The number of hydrogen-bond donors (Lipinski definition) is 3. The zero-order chi connectivity index (χ0) is 37.2. The average molecular weight is 713 g/mol. The Hall–Kier alpha value is -5.74. The molecule has 10 heteroatoms. The fourth-order valence-corrected chi connectivity index (χ4v) is 6.41.